The predicted octanol–water partition coefficient (Wildman–Crippen LogP) is 9.10. The summed E-state index contributed by atoms with van der Waals surface area (Å²) in [4.78, 5) is 0. The standard InChI is InChI=1S/C34H27N/c1-25(27-9-3-2-4-10-27)15-16-26-17-19-28(20-18-26)29-21-23-30(24-22-29)35-33-13-7-5-11-31(33)32-12-6-8-14-34(32)35/h2-15,17-24H,16H2,1H3/b25-15-. The molecule has 1 heterocycles. The Morgan fingerprint density at radius 1 is 0.571 bits per heavy atom. The zero-order valence-electron chi connectivity index (χ0n) is 19.9. The summed E-state index contributed by atoms with van der Waals surface area (Å²) in [6, 6.07) is 45.7. The zero-order valence-corrected chi connectivity index (χ0v) is 19.9. The van der Waals surface area contributed by atoms with Crippen molar-refractivity contribution in [2.45, 2.75) is 13.3 Å². The molecule has 6 aromatic rings. The van der Waals surface area contributed by atoms with Crippen LogP contribution in [-0.2, 0) is 6.42 Å². The Bertz CT molecular complexity index is 1580. The Morgan fingerprint density at radius 3 is 1.69 bits per heavy atom. The molecule has 168 valence electrons. The van der Waals surface area contributed by atoms with Crippen molar-refractivity contribution in [3.8, 4) is 16.8 Å². The van der Waals surface area contributed by atoms with Crippen molar-refractivity contribution in [1.29, 1.82) is 0 Å². The van der Waals surface area contributed by atoms with Gasteiger partial charge in [-0.15, -0.1) is 0 Å². The maximum Gasteiger partial charge on any atom is 0.0541 e. The Labute approximate surface area is 206 Å². The summed E-state index contributed by atoms with van der Waals surface area (Å²) >= 11 is 0. The number of nitrogens with zero attached hydrogens (tertiary/aromatic N) is 1. The van der Waals surface area contributed by atoms with E-state index in [1.54, 1.807) is 0 Å². The lowest BCUT2D eigenvalue weighted by molar-refractivity contribution is 1.18. The van der Waals surface area contributed by atoms with Crippen molar-refractivity contribution in [3.63, 3.8) is 0 Å². The molecule has 0 spiro atoms. The molecule has 1 aromatic heterocycles. The Hall–Kier alpha value is -4.36. The monoisotopic (exact) mass is 449 g/mol. The highest BCUT2D eigenvalue weighted by Crippen LogP contribution is 2.32. The quantitative estimate of drug-likeness (QED) is 0.247. The summed E-state index contributed by atoms with van der Waals surface area (Å²) in [7, 11) is 0. The number of para-hydroxylation sites is 2. The highest BCUT2D eigenvalue weighted by Gasteiger charge is 2.11. The molecule has 5 aromatic carbocycles. The second-order valence-electron chi connectivity index (χ2n) is 9.07. The number of aromatic nitrogens is 1. The molecule has 35 heavy (non-hydrogen) atoms. The second kappa shape index (κ2) is 9.12. The van der Waals surface area contributed by atoms with E-state index in [1.165, 1.54) is 55.3 Å². The average molecular weight is 450 g/mol. The van der Waals surface area contributed by atoms with E-state index in [0.29, 0.717) is 0 Å². The molecule has 0 amide bonds. The topological polar surface area (TPSA) is 4.93 Å². The van der Waals surface area contributed by atoms with Gasteiger partial charge < -0.3 is 4.57 Å². The first-order valence-corrected chi connectivity index (χ1v) is 12.2. The van der Waals surface area contributed by atoms with Crippen molar-refractivity contribution in [2.24, 2.45) is 0 Å². The minimum Gasteiger partial charge on any atom is -0.309 e. The molecule has 6 rings (SSSR count). The fourth-order valence-corrected chi connectivity index (χ4v) is 4.93. The summed E-state index contributed by atoms with van der Waals surface area (Å²) in [5, 5.41) is 2.58. The molecule has 0 radical (unpaired) electrons. The number of hydrogen-bond donors (Lipinski definition) is 0. The maximum atomic E-state index is 2.36. The fraction of sp³-hybridized carbons (Fsp3) is 0.0588. The summed E-state index contributed by atoms with van der Waals surface area (Å²) in [6.45, 7) is 2.18. The van der Waals surface area contributed by atoms with E-state index in [9.17, 15) is 0 Å². The van der Waals surface area contributed by atoms with Crippen LogP contribution in [0.3, 0.4) is 0 Å². The van der Waals surface area contributed by atoms with Crippen molar-refractivity contribution < 1.29 is 0 Å². The van der Waals surface area contributed by atoms with Crippen LogP contribution in [-0.4, -0.2) is 4.57 Å². The molecule has 0 unspecified atom stereocenters. The SMILES string of the molecule is C/C(=C/Cc1ccc(-c2ccc(-n3c4ccccc4c4ccccc43)cc2)cc1)c1ccccc1. The van der Waals surface area contributed by atoms with Crippen LogP contribution in [0.1, 0.15) is 18.1 Å². The molecule has 0 aliphatic rings. The first-order valence-electron chi connectivity index (χ1n) is 12.2. The predicted molar refractivity (Wildman–Crippen MR) is 150 cm³/mol. The van der Waals surface area contributed by atoms with Gasteiger partial charge in [-0.2, -0.15) is 0 Å². The van der Waals surface area contributed by atoms with Crippen LogP contribution in [0.4, 0.5) is 0 Å². The van der Waals surface area contributed by atoms with Crippen molar-refractivity contribution in [1.82, 2.24) is 4.57 Å². The van der Waals surface area contributed by atoms with Crippen molar-refractivity contribution >= 4 is 27.4 Å². The number of allylic oxidation sites excluding steroid dienone is 2. The van der Waals surface area contributed by atoms with Gasteiger partial charge in [0.05, 0.1) is 11.0 Å². The van der Waals surface area contributed by atoms with Crippen molar-refractivity contribution in [2.75, 3.05) is 0 Å². The number of hydrogen-bond acceptors (Lipinski definition) is 0. The lowest BCUT2D eigenvalue weighted by Crippen LogP contribution is -1.93. The smallest absolute Gasteiger partial charge is 0.0541 e. The highest BCUT2D eigenvalue weighted by atomic mass is 15.0. The van der Waals surface area contributed by atoms with E-state index >= 15 is 0 Å². The molecule has 0 bridgehead atoms. The Kier molecular flexibility index (Phi) is 5.52. The molecular formula is C34H27N. The van der Waals surface area contributed by atoms with Crippen LogP contribution in [0.5, 0.6) is 0 Å². The number of benzene rings is 5. The highest BCUT2D eigenvalue weighted by molar-refractivity contribution is 6.09. The Balaban J connectivity index is 1.26. The zero-order chi connectivity index (χ0) is 23.6. The van der Waals surface area contributed by atoms with Crippen LogP contribution >= 0.6 is 0 Å². The third-order valence-corrected chi connectivity index (χ3v) is 6.87. The third kappa shape index (κ3) is 4.06. The van der Waals surface area contributed by atoms with E-state index in [2.05, 4.69) is 145 Å². The molecule has 0 atom stereocenters. The summed E-state index contributed by atoms with van der Waals surface area (Å²) in [5.74, 6) is 0. The lowest BCUT2D eigenvalue weighted by Gasteiger charge is -2.10. The molecule has 0 saturated heterocycles. The van der Waals surface area contributed by atoms with Crippen LogP contribution in [0.2, 0.25) is 0 Å². The van der Waals surface area contributed by atoms with Gasteiger partial charge in [0.1, 0.15) is 0 Å². The molecule has 1 heteroatoms. The minimum atomic E-state index is 0.938. The van der Waals surface area contributed by atoms with E-state index in [0.717, 1.165) is 6.42 Å². The van der Waals surface area contributed by atoms with Gasteiger partial charge in [0.15, 0.2) is 0 Å². The van der Waals surface area contributed by atoms with Crippen LogP contribution in [0.15, 0.2) is 133 Å². The summed E-state index contributed by atoms with van der Waals surface area (Å²) in [6.07, 6.45) is 3.25. The molecule has 0 N–H and O–H groups in total. The number of rotatable bonds is 5. The van der Waals surface area contributed by atoms with Gasteiger partial charge in [-0.3, -0.25) is 0 Å². The van der Waals surface area contributed by atoms with E-state index in [-0.39, 0.29) is 0 Å². The molecular weight excluding hydrogens is 422 g/mol. The van der Waals surface area contributed by atoms with Gasteiger partial charge in [0, 0.05) is 16.5 Å². The van der Waals surface area contributed by atoms with Crippen LogP contribution in [0.25, 0.3) is 44.2 Å². The summed E-state index contributed by atoms with van der Waals surface area (Å²) in [5.41, 5.74) is 10.1. The molecule has 1 nitrogen and oxygen atoms in total. The maximum absolute atomic E-state index is 2.36. The minimum absolute atomic E-state index is 0.938. The summed E-state index contributed by atoms with van der Waals surface area (Å²) < 4.78 is 2.36. The Morgan fingerprint density at radius 2 is 1.09 bits per heavy atom. The van der Waals surface area contributed by atoms with Gasteiger partial charge in [-0.25, -0.2) is 0 Å². The van der Waals surface area contributed by atoms with E-state index in [1.807, 2.05) is 0 Å². The van der Waals surface area contributed by atoms with Gasteiger partial charge in [-0.05, 0) is 65.4 Å². The van der Waals surface area contributed by atoms with Gasteiger partial charge in [-0.1, -0.05) is 109 Å². The first kappa shape index (κ1) is 21.2. The first-order chi connectivity index (χ1) is 17.3. The van der Waals surface area contributed by atoms with E-state index < -0.39 is 0 Å². The lowest BCUT2D eigenvalue weighted by atomic mass is 10.0. The average Bonchev–Trinajstić information content (AvgIpc) is 3.27. The normalized spacial score (nSPS) is 11.9. The number of fused-ring (bicyclic) bond motifs is 3. The third-order valence-electron chi connectivity index (χ3n) is 6.87. The van der Waals surface area contributed by atoms with Crippen molar-refractivity contribution in [3.05, 3.63) is 145 Å². The van der Waals surface area contributed by atoms with Gasteiger partial charge >= 0.3 is 0 Å². The fourth-order valence-electron chi connectivity index (χ4n) is 4.93. The molecule has 0 fully saturated rings. The van der Waals surface area contributed by atoms with Crippen LogP contribution in [0, 0.1) is 0 Å². The molecule has 0 aliphatic carbocycles. The largest absolute Gasteiger partial charge is 0.309 e. The molecule has 0 saturated carbocycles. The van der Waals surface area contributed by atoms with Gasteiger partial charge in [0.2, 0.25) is 0 Å². The van der Waals surface area contributed by atoms with E-state index in [4.69, 9.17) is 0 Å². The van der Waals surface area contributed by atoms with Gasteiger partial charge in [0.25, 0.3) is 0 Å². The van der Waals surface area contributed by atoms with Crippen LogP contribution < -0.4 is 0 Å². The second-order valence-corrected chi connectivity index (χ2v) is 9.07. The molecule has 0 aliphatic heterocycles.